The summed E-state index contributed by atoms with van der Waals surface area (Å²) >= 11 is 3.42. The summed E-state index contributed by atoms with van der Waals surface area (Å²) < 4.78 is 0.777. The first kappa shape index (κ1) is 17.4. The molecule has 0 fully saturated rings. The normalized spacial score (nSPS) is 14.5. The van der Waals surface area contributed by atoms with E-state index in [4.69, 9.17) is 0 Å². The van der Waals surface area contributed by atoms with Gasteiger partial charge < -0.3 is 5.11 Å². The van der Waals surface area contributed by atoms with E-state index >= 15 is 0 Å². The van der Waals surface area contributed by atoms with E-state index in [9.17, 15) is 14.7 Å². The Morgan fingerprint density at radius 3 is 2.16 bits per heavy atom. The molecule has 3 rings (SSSR count). The van der Waals surface area contributed by atoms with E-state index in [0.717, 1.165) is 15.0 Å². The first-order valence-electron chi connectivity index (χ1n) is 7.75. The molecule has 0 aromatic heterocycles. The van der Waals surface area contributed by atoms with Crippen LogP contribution in [0.2, 0.25) is 0 Å². The van der Waals surface area contributed by atoms with Crippen LogP contribution in [0.4, 0.5) is 0 Å². The lowest BCUT2D eigenvalue weighted by atomic mass is 9.85. The Balaban J connectivity index is 1.98. The summed E-state index contributed by atoms with van der Waals surface area (Å²) in [5.41, 5.74) is 1.56. The molecule has 1 aliphatic rings. The molecule has 5 nitrogen and oxygen atoms in total. The first-order chi connectivity index (χ1) is 11.7. The Morgan fingerprint density at radius 1 is 1.08 bits per heavy atom. The number of hydrogen-bond acceptors (Lipinski definition) is 4. The van der Waals surface area contributed by atoms with Crippen molar-refractivity contribution in [2.45, 2.75) is 26.2 Å². The molecule has 25 heavy (non-hydrogen) atoms. The summed E-state index contributed by atoms with van der Waals surface area (Å²) in [5.74, 6) is -0.860. The van der Waals surface area contributed by atoms with E-state index in [-0.39, 0.29) is 11.2 Å². The third-order valence-electron chi connectivity index (χ3n) is 4.00. The van der Waals surface area contributed by atoms with Gasteiger partial charge in [-0.1, -0.05) is 48.8 Å². The molecule has 0 bridgehead atoms. The minimum atomic E-state index is -0.470. The van der Waals surface area contributed by atoms with Gasteiger partial charge in [-0.25, -0.2) is 0 Å². The zero-order chi connectivity index (χ0) is 18.4. The van der Waals surface area contributed by atoms with Crippen LogP contribution in [0.15, 0.2) is 46.0 Å². The molecule has 0 atom stereocenters. The number of phenols is 1. The zero-order valence-corrected chi connectivity index (χ0v) is 15.7. The molecule has 6 heteroatoms. The average molecular weight is 401 g/mol. The van der Waals surface area contributed by atoms with E-state index in [1.807, 2.05) is 26.8 Å². The van der Waals surface area contributed by atoms with Gasteiger partial charge in [0, 0.05) is 15.6 Å². The summed E-state index contributed by atoms with van der Waals surface area (Å²) in [6.45, 7) is 5.96. The summed E-state index contributed by atoms with van der Waals surface area (Å²) in [4.78, 5) is 24.7. The van der Waals surface area contributed by atoms with Crippen LogP contribution >= 0.6 is 15.9 Å². The number of imide groups is 1. The molecule has 128 valence electrons. The Hall–Kier alpha value is -2.47. The summed E-state index contributed by atoms with van der Waals surface area (Å²) in [6.07, 6.45) is 1.33. The summed E-state index contributed by atoms with van der Waals surface area (Å²) in [6, 6.07) is 10.1. The fourth-order valence-electron chi connectivity index (χ4n) is 2.69. The molecule has 0 aliphatic carbocycles. The Morgan fingerprint density at radius 2 is 1.64 bits per heavy atom. The zero-order valence-electron chi connectivity index (χ0n) is 14.1. The van der Waals surface area contributed by atoms with Crippen LogP contribution in [0.5, 0.6) is 5.75 Å². The molecule has 1 heterocycles. The van der Waals surface area contributed by atoms with Gasteiger partial charge >= 0.3 is 0 Å². The number of rotatable bonds is 2. The van der Waals surface area contributed by atoms with Crippen LogP contribution in [0.25, 0.3) is 0 Å². The van der Waals surface area contributed by atoms with Gasteiger partial charge in [-0.3, -0.25) is 9.59 Å². The molecular weight excluding hydrogens is 384 g/mol. The van der Waals surface area contributed by atoms with Crippen LogP contribution in [-0.4, -0.2) is 28.1 Å². The number of benzene rings is 2. The number of aromatic hydroxyl groups is 1. The van der Waals surface area contributed by atoms with Crippen molar-refractivity contribution in [3.63, 3.8) is 0 Å². The fourth-order valence-corrected chi connectivity index (χ4v) is 3.17. The van der Waals surface area contributed by atoms with Gasteiger partial charge in [-0.15, -0.1) is 0 Å². The SMILES string of the molecule is CC(C)(C)c1cc(Br)cc(C=NN2C(=O)c3ccccc3C2=O)c1O. The van der Waals surface area contributed by atoms with E-state index in [2.05, 4.69) is 21.0 Å². The van der Waals surface area contributed by atoms with Crippen molar-refractivity contribution in [2.24, 2.45) is 5.10 Å². The largest absolute Gasteiger partial charge is 0.507 e. The van der Waals surface area contributed by atoms with Crippen molar-refractivity contribution in [2.75, 3.05) is 0 Å². The number of halogens is 1. The van der Waals surface area contributed by atoms with Crippen molar-refractivity contribution < 1.29 is 14.7 Å². The summed E-state index contributed by atoms with van der Waals surface area (Å²) in [5, 5.41) is 15.4. The molecule has 2 amide bonds. The number of hydrogen-bond donors (Lipinski definition) is 1. The van der Waals surface area contributed by atoms with Gasteiger partial charge in [0.2, 0.25) is 0 Å². The average Bonchev–Trinajstić information content (AvgIpc) is 2.79. The van der Waals surface area contributed by atoms with Gasteiger partial charge in [0.15, 0.2) is 0 Å². The highest BCUT2D eigenvalue weighted by Gasteiger charge is 2.35. The van der Waals surface area contributed by atoms with Crippen molar-refractivity contribution in [1.82, 2.24) is 5.01 Å². The smallest absolute Gasteiger partial charge is 0.282 e. The van der Waals surface area contributed by atoms with Gasteiger partial charge in [0.25, 0.3) is 11.8 Å². The minimum Gasteiger partial charge on any atom is -0.507 e. The van der Waals surface area contributed by atoms with Crippen molar-refractivity contribution >= 4 is 34.0 Å². The molecule has 2 aromatic carbocycles. The van der Waals surface area contributed by atoms with Gasteiger partial charge in [-0.05, 0) is 29.7 Å². The topological polar surface area (TPSA) is 70.0 Å². The molecular formula is C19H17BrN2O3. The molecule has 0 saturated carbocycles. The number of hydrazone groups is 1. The quantitative estimate of drug-likeness (QED) is 0.609. The predicted molar refractivity (Wildman–Crippen MR) is 99.0 cm³/mol. The minimum absolute atomic E-state index is 0.0797. The molecule has 1 N–H and O–H groups in total. The molecule has 0 radical (unpaired) electrons. The molecule has 0 saturated heterocycles. The second-order valence-corrected chi connectivity index (χ2v) is 7.77. The standard InChI is InChI=1S/C19H17BrN2O3/c1-19(2,3)15-9-12(20)8-11(16(15)23)10-21-22-17(24)13-6-4-5-7-14(13)18(22)25/h4-10,23H,1-3H3. The highest BCUT2D eigenvalue weighted by molar-refractivity contribution is 9.10. The Bertz CT molecular complexity index is 878. The van der Waals surface area contributed by atoms with Crippen LogP contribution in [0.3, 0.4) is 0 Å². The lowest BCUT2D eigenvalue weighted by Crippen LogP contribution is -2.24. The Kier molecular flexibility index (Phi) is 4.24. The number of phenolic OH excluding ortho intramolecular Hbond substituents is 1. The lowest BCUT2D eigenvalue weighted by Gasteiger charge is -2.21. The molecule has 0 unspecified atom stereocenters. The maximum Gasteiger partial charge on any atom is 0.282 e. The summed E-state index contributed by atoms with van der Waals surface area (Å²) in [7, 11) is 0. The lowest BCUT2D eigenvalue weighted by molar-refractivity contribution is 0.0660. The maximum atomic E-state index is 12.3. The number of fused-ring (bicyclic) bond motifs is 1. The maximum absolute atomic E-state index is 12.3. The van der Waals surface area contributed by atoms with E-state index < -0.39 is 11.8 Å². The van der Waals surface area contributed by atoms with Gasteiger partial charge in [0.05, 0.1) is 17.3 Å². The monoisotopic (exact) mass is 400 g/mol. The first-order valence-corrected chi connectivity index (χ1v) is 8.54. The van der Waals surface area contributed by atoms with Crippen LogP contribution in [0, 0.1) is 0 Å². The Labute approximate surface area is 154 Å². The third-order valence-corrected chi connectivity index (χ3v) is 4.45. The second kappa shape index (κ2) is 6.11. The predicted octanol–water partition coefficient (Wildman–Crippen LogP) is 4.08. The van der Waals surface area contributed by atoms with Crippen LogP contribution in [-0.2, 0) is 5.41 Å². The van der Waals surface area contributed by atoms with E-state index in [1.165, 1.54) is 6.21 Å². The molecule has 1 aliphatic heterocycles. The number of carbonyl (C=O) groups is 2. The van der Waals surface area contributed by atoms with Crippen molar-refractivity contribution in [1.29, 1.82) is 0 Å². The molecule has 0 spiro atoms. The number of amides is 2. The highest BCUT2D eigenvalue weighted by Crippen LogP contribution is 2.35. The second-order valence-electron chi connectivity index (χ2n) is 6.85. The van der Waals surface area contributed by atoms with Gasteiger partial charge in [0.1, 0.15) is 5.75 Å². The third kappa shape index (κ3) is 3.09. The number of carbonyl (C=O) groups excluding carboxylic acids is 2. The van der Waals surface area contributed by atoms with Crippen LogP contribution in [0.1, 0.15) is 52.6 Å². The van der Waals surface area contributed by atoms with E-state index in [0.29, 0.717) is 16.7 Å². The fraction of sp³-hybridized carbons (Fsp3) is 0.211. The van der Waals surface area contributed by atoms with Crippen molar-refractivity contribution in [3.8, 4) is 5.75 Å². The molecule has 2 aromatic rings. The van der Waals surface area contributed by atoms with Gasteiger partial charge in [-0.2, -0.15) is 10.1 Å². The van der Waals surface area contributed by atoms with E-state index in [1.54, 1.807) is 30.3 Å². The highest BCUT2D eigenvalue weighted by atomic mass is 79.9. The van der Waals surface area contributed by atoms with Crippen LogP contribution < -0.4 is 0 Å². The van der Waals surface area contributed by atoms with Crippen molar-refractivity contribution in [3.05, 3.63) is 63.1 Å². The number of nitrogens with zero attached hydrogens (tertiary/aromatic N) is 2.